The summed E-state index contributed by atoms with van der Waals surface area (Å²) in [5.41, 5.74) is 3.80. The standard InChI is InChI=1S/C24H30N2O5/c1-27-21-12-18-5-10-29-24(19(18)13-22(21)28-2)15-26-8-6-25(7-9-26)14-17-3-4-20-23(11-17)31-16-30-20/h3-4,11-13,24H,5-10,14-16H2,1-2H3/t24-/m0/s1. The van der Waals surface area contributed by atoms with Gasteiger partial charge in [-0.05, 0) is 47.4 Å². The van der Waals surface area contributed by atoms with Crippen LogP contribution in [0.1, 0.15) is 22.8 Å². The average Bonchev–Trinajstić information content (AvgIpc) is 3.27. The molecule has 2 aromatic carbocycles. The van der Waals surface area contributed by atoms with Crippen LogP contribution in [0.25, 0.3) is 0 Å². The van der Waals surface area contributed by atoms with Crippen molar-refractivity contribution in [2.75, 3.05) is 60.3 Å². The number of piperazine rings is 1. The highest BCUT2D eigenvalue weighted by molar-refractivity contribution is 5.49. The van der Waals surface area contributed by atoms with E-state index in [9.17, 15) is 0 Å². The largest absolute Gasteiger partial charge is 0.493 e. The molecule has 0 saturated carbocycles. The van der Waals surface area contributed by atoms with E-state index < -0.39 is 0 Å². The van der Waals surface area contributed by atoms with Crippen LogP contribution in [0.2, 0.25) is 0 Å². The van der Waals surface area contributed by atoms with E-state index in [1.165, 1.54) is 16.7 Å². The molecule has 3 aliphatic heterocycles. The summed E-state index contributed by atoms with van der Waals surface area (Å²) >= 11 is 0. The number of benzene rings is 2. The lowest BCUT2D eigenvalue weighted by atomic mass is 9.96. The monoisotopic (exact) mass is 426 g/mol. The molecule has 7 nitrogen and oxygen atoms in total. The van der Waals surface area contributed by atoms with E-state index in [0.717, 1.165) is 75.3 Å². The summed E-state index contributed by atoms with van der Waals surface area (Å²) in [5.74, 6) is 3.26. The number of hydrogen-bond donors (Lipinski definition) is 0. The molecule has 31 heavy (non-hydrogen) atoms. The second-order valence-electron chi connectivity index (χ2n) is 8.28. The molecular formula is C24H30N2O5. The third-order valence-corrected chi connectivity index (χ3v) is 6.41. The molecule has 3 heterocycles. The summed E-state index contributed by atoms with van der Waals surface area (Å²) in [5, 5.41) is 0. The van der Waals surface area contributed by atoms with Crippen molar-refractivity contribution in [3.63, 3.8) is 0 Å². The molecule has 1 fully saturated rings. The van der Waals surface area contributed by atoms with Crippen molar-refractivity contribution in [3.05, 3.63) is 47.0 Å². The fraction of sp³-hybridized carbons (Fsp3) is 0.500. The van der Waals surface area contributed by atoms with Gasteiger partial charge in [0.1, 0.15) is 0 Å². The molecule has 0 N–H and O–H groups in total. The fourth-order valence-electron chi connectivity index (χ4n) is 4.67. The van der Waals surface area contributed by atoms with E-state index in [0.29, 0.717) is 6.79 Å². The number of hydrogen-bond acceptors (Lipinski definition) is 7. The summed E-state index contributed by atoms with van der Waals surface area (Å²) in [6.45, 7) is 7.06. The van der Waals surface area contributed by atoms with Gasteiger partial charge in [-0.25, -0.2) is 0 Å². The van der Waals surface area contributed by atoms with Crippen molar-refractivity contribution in [2.24, 2.45) is 0 Å². The van der Waals surface area contributed by atoms with Crippen LogP contribution in [0.15, 0.2) is 30.3 Å². The maximum atomic E-state index is 6.17. The van der Waals surface area contributed by atoms with Gasteiger partial charge in [-0.1, -0.05) is 6.07 Å². The number of rotatable bonds is 6. The van der Waals surface area contributed by atoms with E-state index in [1.54, 1.807) is 14.2 Å². The van der Waals surface area contributed by atoms with Crippen molar-refractivity contribution >= 4 is 0 Å². The molecule has 0 spiro atoms. The normalized spacial score (nSPS) is 21.0. The minimum absolute atomic E-state index is 0.0731. The van der Waals surface area contributed by atoms with Gasteiger partial charge in [0.2, 0.25) is 6.79 Å². The summed E-state index contributed by atoms with van der Waals surface area (Å²) in [7, 11) is 3.37. The summed E-state index contributed by atoms with van der Waals surface area (Å²) in [6, 6.07) is 10.4. The van der Waals surface area contributed by atoms with Crippen molar-refractivity contribution in [1.82, 2.24) is 9.80 Å². The van der Waals surface area contributed by atoms with Gasteiger partial charge in [0.15, 0.2) is 23.0 Å². The maximum Gasteiger partial charge on any atom is 0.231 e. The Balaban J connectivity index is 1.19. The minimum Gasteiger partial charge on any atom is -0.493 e. The zero-order valence-corrected chi connectivity index (χ0v) is 18.3. The Morgan fingerprint density at radius 3 is 2.45 bits per heavy atom. The first-order chi connectivity index (χ1) is 15.2. The van der Waals surface area contributed by atoms with Gasteiger partial charge in [-0.15, -0.1) is 0 Å². The molecule has 0 radical (unpaired) electrons. The minimum atomic E-state index is 0.0731. The lowest BCUT2D eigenvalue weighted by Gasteiger charge is -2.37. The van der Waals surface area contributed by atoms with Crippen LogP contribution >= 0.6 is 0 Å². The third-order valence-electron chi connectivity index (χ3n) is 6.41. The van der Waals surface area contributed by atoms with Gasteiger partial charge in [-0.3, -0.25) is 9.80 Å². The van der Waals surface area contributed by atoms with Crippen molar-refractivity contribution in [1.29, 1.82) is 0 Å². The Morgan fingerprint density at radius 2 is 1.65 bits per heavy atom. The van der Waals surface area contributed by atoms with Gasteiger partial charge in [-0.2, -0.15) is 0 Å². The Bertz CT molecular complexity index is 926. The SMILES string of the molecule is COc1cc2c(cc1OC)[C@H](CN1CCN(Cc3ccc4c(c3)OCO4)CC1)OCC2. The van der Waals surface area contributed by atoms with Crippen LogP contribution in [-0.2, 0) is 17.7 Å². The Morgan fingerprint density at radius 1 is 0.903 bits per heavy atom. The third kappa shape index (κ3) is 4.31. The number of fused-ring (bicyclic) bond motifs is 2. The van der Waals surface area contributed by atoms with Gasteiger partial charge < -0.3 is 23.7 Å². The van der Waals surface area contributed by atoms with Crippen LogP contribution in [0.5, 0.6) is 23.0 Å². The van der Waals surface area contributed by atoms with Crippen molar-refractivity contribution < 1.29 is 23.7 Å². The molecule has 0 amide bonds. The Hall–Kier alpha value is -2.48. The predicted molar refractivity (Wildman–Crippen MR) is 116 cm³/mol. The Labute approximate surface area is 183 Å². The molecule has 7 heteroatoms. The van der Waals surface area contributed by atoms with Crippen LogP contribution < -0.4 is 18.9 Å². The predicted octanol–water partition coefficient (Wildman–Crippen LogP) is 2.86. The lowest BCUT2D eigenvalue weighted by molar-refractivity contribution is 0.00367. The van der Waals surface area contributed by atoms with E-state index in [2.05, 4.69) is 34.1 Å². The second kappa shape index (κ2) is 8.94. The summed E-state index contributed by atoms with van der Waals surface area (Å²) in [4.78, 5) is 5.00. The first-order valence-electron chi connectivity index (χ1n) is 10.9. The first-order valence-corrected chi connectivity index (χ1v) is 10.9. The lowest BCUT2D eigenvalue weighted by Crippen LogP contribution is -2.47. The molecule has 1 saturated heterocycles. The zero-order valence-electron chi connectivity index (χ0n) is 18.3. The first kappa shape index (κ1) is 20.4. The second-order valence-corrected chi connectivity index (χ2v) is 8.28. The molecule has 166 valence electrons. The molecule has 5 rings (SSSR count). The molecule has 0 bridgehead atoms. The fourth-order valence-corrected chi connectivity index (χ4v) is 4.67. The Kier molecular flexibility index (Phi) is 5.89. The smallest absolute Gasteiger partial charge is 0.231 e. The number of ether oxygens (including phenoxy) is 5. The molecule has 3 aliphatic rings. The van der Waals surface area contributed by atoms with E-state index >= 15 is 0 Å². The maximum absolute atomic E-state index is 6.17. The molecule has 2 aromatic rings. The number of nitrogens with zero attached hydrogens (tertiary/aromatic N) is 2. The molecular weight excluding hydrogens is 396 g/mol. The van der Waals surface area contributed by atoms with Crippen molar-refractivity contribution in [3.8, 4) is 23.0 Å². The highest BCUT2D eigenvalue weighted by Gasteiger charge is 2.27. The summed E-state index contributed by atoms with van der Waals surface area (Å²) < 4.78 is 28.1. The average molecular weight is 427 g/mol. The quantitative estimate of drug-likeness (QED) is 0.704. The highest BCUT2D eigenvalue weighted by atomic mass is 16.7. The molecule has 1 atom stereocenters. The van der Waals surface area contributed by atoms with Crippen LogP contribution in [0, 0.1) is 0 Å². The highest BCUT2D eigenvalue weighted by Crippen LogP contribution is 2.37. The van der Waals surface area contributed by atoms with E-state index in [1.807, 2.05) is 6.07 Å². The van der Waals surface area contributed by atoms with E-state index in [-0.39, 0.29) is 6.10 Å². The van der Waals surface area contributed by atoms with Crippen LogP contribution in [0.4, 0.5) is 0 Å². The zero-order chi connectivity index (χ0) is 21.2. The van der Waals surface area contributed by atoms with Crippen LogP contribution in [-0.4, -0.2) is 70.1 Å². The van der Waals surface area contributed by atoms with Gasteiger partial charge in [0, 0.05) is 39.3 Å². The van der Waals surface area contributed by atoms with Gasteiger partial charge in [0.25, 0.3) is 0 Å². The van der Waals surface area contributed by atoms with Crippen LogP contribution in [0.3, 0.4) is 0 Å². The van der Waals surface area contributed by atoms with Crippen molar-refractivity contribution in [2.45, 2.75) is 19.1 Å². The number of methoxy groups -OCH3 is 2. The van der Waals surface area contributed by atoms with Gasteiger partial charge in [0.05, 0.1) is 26.9 Å². The topological polar surface area (TPSA) is 52.6 Å². The summed E-state index contributed by atoms with van der Waals surface area (Å²) in [6.07, 6.45) is 0.985. The van der Waals surface area contributed by atoms with E-state index in [4.69, 9.17) is 23.7 Å². The molecule has 0 unspecified atom stereocenters. The van der Waals surface area contributed by atoms with Gasteiger partial charge >= 0.3 is 0 Å². The molecule has 0 aromatic heterocycles. The molecule has 0 aliphatic carbocycles.